The molecule has 1 aromatic rings. The highest BCUT2D eigenvalue weighted by molar-refractivity contribution is 5.81. The molecule has 6 nitrogen and oxygen atoms in total. The van der Waals surface area contributed by atoms with Gasteiger partial charge in [-0.05, 0) is 43.4 Å². The predicted octanol–water partition coefficient (Wildman–Crippen LogP) is 2.36. The van der Waals surface area contributed by atoms with Gasteiger partial charge < -0.3 is 19.3 Å². The van der Waals surface area contributed by atoms with E-state index in [0.717, 1.165) is 51.2 Å². The molecule has 1 unspecified atom stereocenters. The third kappa shape index (κ3) is 6.86. The first-order valence-electron chi connectivity index (χ1n) is 9.68. The van der Waals surface area contributed by atoms with Gasteiger partial charge in [0.05, 0.1) is 20.6 Å². The number of hydrogen-bond acceptors (Lipinski definition) is 5. The van der Waals surface area contributed by atoms with Gasteiger partial charge >= 0.3 is 5.97 Å². The van der Waals surface area contributed by atoms with Gasteiger partial charge in [0.25, 0.3) is 0 Å². The van der Waals surface area contributed by atoms with Crippen molar-refractivity contribution in [3.63, 3.8) is 0 Å². The van der Waals surface area contributed by atoms with Gasteiger partial charge in [-0.2, -0.15) is 0 Å². The van der Waals surface area contributed by atoms with E-state index in [0.29, 0.717) is 5.92 Å². The van der Waals surface area contributed by atoms with Gasteiger partial charge in [0, 0.05) is 33.1 Å². The highest BCUT2D eigenvalue weighted by Crippen LogP contribution is 2.21. The lowest BCUT2D eigenvalue weighted by Gasteiger charge is -2.34. The number of piperidine rings is 1. The molecule has 150 valence electrons. The fraction of sp³-hybridized carbons (Fsp3) is 0.619. The van der Waals surface area contributed by atoms with Crippen LogP contribution in [-0.2, 0) is 20.7 Å². The Bertz CT molecular complexity index is 620. The Balaban J connectivity index is 1.78. The van der Waals surface area contributed by atoms with E-state index in [-0.39, 0.29) is 24.7 Å². The maximum absolute atomic E-state index is 12.2. The van der Waals surface area contributed by atoms with Crippen molar-refractivity contribution in [2.24, 2.45) is 5.92 Å². The number of methoxy groups -OCH3 is 2. The molecule has 1 aliphatic rings. The lowest BCUT2D eigenvalue weighted by molar-refractivity contribution is -0.143. The molecule has 1 atom stereocenters. The van der Waals surface area contributed by atoms with Crippen LogP contribution in [0.2, 0.25) is 0 Å². The van der Waals surface area contributed by atoms with Crippen LogP contribution < -0.4 is 4.74 Å². The van der Waals surface area contributed by atoms with Gasteiger partial charge in [0.1, 0.15) is 5.75 Å². The van der Waals surface area contributed by atoms with E-state index in [1.807, 2.05) is 25.2 Å². The molecule has 1 amide bonds. The van der Waals surface area contributed by atoms with Gasteiger partial charge in [-0.25, -0.2) is 0 Å². The average Bonchev–Trinajstić information content (AvgIpc) is 2.70. The third-order valence-corrected chi connectivity index (χ3v) is 5.22. The highest BCUT2D eigenvalue weighted by Gasteiger charge is 2.23. The number of carbonyl (C=O) groups is 2. The number of benzene rings is 1. The SMILES string of the molecule is COC(=O)CCC(=O)N(C)CC1CCCN(CCc2ccccc2OC)C1. The number of nitrogens with zero attached hydrogens (tertiary/aromatic N) is 2. The first kappa shape index (κ1) is 21.2. The molecule has 0 N–H and O–H groups in total. The summed E-state index contributed by atoms with van der Waals surface area (Å²) in [6.45, 7) is 3.84. The minimum absolute atomic E-state index is 0.00606. The molecule has 0 bridgehead atoms. The second-order valence-corrected chi connectivity index (χ2v) is 7.22. The molecule has 1 fully saturated rings. The van der Waals surface area contributed by atoms with Crippen LogP contribution in [0.1, 0.15) is 31.2 Å². The molecule has 1 aliphatic heterocycles. The number of hydrogen-bond donors (Lipinski definition) is 0. The lowest BCUT2D eigenvalue weighted by atomic mass is 9.97. The molecule has 27 heavy (non-hydrogen) atoms. The zero-order valence-corrected chi connectivity index (χ0v) is 16.8. The van der Waals surface area contributed by atoms with Gasteiger partial charge in [-0.3, -0.25) is 9.59 Å². The van der Waals surface area contributed by atoms with Crippen molar-refractivity contribution in [3.8, 4) is 5.75 Å². The van der Waals surface area contributed by atoms with Crippen LogP contribution in [0.5, 0.6) is 5.75 Å². The number of likely N-dealkylation sites (tertiary alicyclic amines) is 1. The number of ether oxygens (including phenoxy) is 2. The van der Waals surface area contributed by atoms with Crippen LogP contribution in [-0.4, -0.2) is 69.1 Å². The van der Waals surface area contributed by atoms with Crippen LogP contribution in [0.3, 0.4) is 0 Å². The fourth-order valence-corrected chi connectivity index (χ4v) is 3.68. The number of para-hydroxylation sites is 1. The first-order valence-corrected chi connectivity index (χ1v) is 9.68. The van der Waals surface area contributed by atoms with Crippen molar-refractivity contribution in [3.05, 3.63) is 29.8 Å². The minimum atomic E-state index is -0.336. The zero-order chi connectivity index (χ0) is 19.6. The molecule has 0 aliphatic carbocycles. The van der Waals surface area contributed by atoms with E-state index in [2.05, 4.69) is 15.7 Å². The Hall–Kier alpha value is -2.08. The van der Waals surface area contributed by atoms with Gasteiger partial charge in [-0.1, -0.05) is 18.2 Å². The summed E-state index contributed by atoms with van der Waals surface area (Å²) >= 11 is 0. The topological polar surface area (TPSA) is 59.1 Å². The van der Waals surface area contributed by atoms with Crippen molar-refractivity contribution in [2.45, 2.75) is 32.1 Å². The molecule has 0 saturated carbocycles. The Morgan fingerprint density at radius 3 is 2.74 bits per heavy atom. The maximum atomic E-state index is 12.2. The van der Waals surface area contributed by atoms with E-state index in [4.69, 9.17) is 4.74 Å². The van der Waals surface area contributed by atoms with Crippen molar-refractivity contribution < 1.29 is 19.1 Å². The van der Waals surface area contributed by atoms with Crippen molar-refractivity contribution in [2.75, 3.05) is 47.4 Å². The molecule has 1 heterocycles. The third-order valence-electron chi connectivity index (χ3n) is 5.22. The molecule has 6 heteroatoms. The molecule has 1 saturated heterocycles. The summed E-state index contributed by atoms with van der Waals surface area (Å²) in [5, 5.41) is 0. The smallest absolute Gasteiger partial charge is 0.306 e. The summed E-state index contributed by atoms with van der Waals surface area (Å²) < 4.78 is 10.0. The molecule has 1 aromatic carbocycles. The van der Waals surface area contributed by atoms with Crippen LogP contribution in [0, 0.1) is 5.92 Å². The quantitative estimate of drug-likeness (QED) is 0.619. The first-order chi connectivity index (χ1) is 13.0. The standard InChI is InChI=1S/C21H32N2O4/c1-22(20(24)10-11-21(25)27-3)15-17-7-6-13-23(16-17)14-12-18-8-4-5-9-19(18)26-2/h4-5,8-9,17H,6-7,10-16H2,1-3H3. The maximum Gasteiger partial charge on any atom is 0.306 e. The largest absolute Gasteiger partial charge is 0.496 e. The Labute approximate surface area is 162 Å². The van der Waals surface area contributed by atoms with E-state index in [1.54, 1.807) is 12.0 Å². The highest BCUT2D eigenvalue weighted by atomic mass is 16.5. The van der Waals surface area contributed by atoms with E-state index in [1.165, 1.54) is 12.7 Å². The summed E-state index contributed by atoms with van der Waals surface area (Å²) in [4.78, 5) is 27.6. The average molecular weight is 376 g/mol. The van der Waals surface area contributed by atoms with Crippen molar-refractivity contribution in [1.82, 2.24) is 9.80 Å². The summed E-state index contributed by atoms with van der Waals surface area (Å²) in [6, 6.07) is 8.16. The molecule has 0 spiro atoms. The van der Waals surface area contributed by atoms with Crippen LogP contribution >= 0.6 is 0 Å². The molecule has 0 aromatic heterocycles. The van der Waals surface area contributed by atoms with Crippen LogP contribution in [0.15, 0.2) is 24.3 Å². The summed E-state index contributed by atoms with van der Waals surface area (Å²) in [5.41, 5.74) is 1.23. The lowest BCUT2D eigenvalue weighted by Crippen LogP contribution is -2.42. The number of carbonyl (C=O) groups excluding carboxylic acids is 2. The normalized spacial score (nSPS) is 17.4. The zero-order valence-electron chi connectivity index (χ0n) is 16.8. The number of amides is 1. The summed E-state index contributed by atoms with van der Waals surface area (Å²) in [5.74, 6) is 1.09. The Kier molecular flexibility index (Phi) is 8.58. The van der Waals surface area contributed by atoms with Gasteiger partial charge in [-0.15, -0.1) is 0 Å². The number of rotatable bonds is 9. The van der Waals surface area contributed by atoms with Crippen LogP contribution in [0.25, 0.3) is 0 Å². The Morgan fingerprint density at radius 2 is 2.00 bits per heavy atom. The van der Waals surface area contributed by atoms with Crippen molar-refractivity contribution >= 4 is 11.9 Å². The van der Waals surface area contributed by atoms with Crippen molar-refractivity contribution in [1.29, 1.82) is 0 Å². The summed E-state index contributed by atoms with van der Waals surface area (Å²) in [6.07, 6.45) is 3.62. The minimum Gasteiger partial charge on any atom is -0.496 e. The molecular formula is C21H32N2O4. The summed E-state index contributed by atoms with van der Waals surface area (Å²) in [7, 11) is 4.88. The Morgan fingerprint density at radius 1 is 1.22 bits per heavy atom. The molecular weight excluding hydrogens is 344 g/mol. The van der Waals surface area contributed by atoms with E-state index < -0.39 is 0 Å². The second kappa shape index (κ2) is 10.9. The predicted molar refractivity (Wildman–Crippen MR) is 105 cm³/mol. The fourth-order valence-electron chi connectivity index (χ4n) is 3.68. The van der Waals surface area contributed by atoms with Crippen LogP contribution in [0.4, 0.5) is 0 Å². The van der Waals surface area contributed by atoms with Gasteiger partial charge in [0.15, 0.2) is 0 Å². The number of esters is 1. The monoisotopic (exact) mass is 376 g/mol. The molecule has 2 rings (SSSR count). The second-order valence-electron chi connectivity index (χ2n) is 7.22. The van der Waals surface area contributed by atoms with E-state index >= 15 is 0 Å². The van der Waals surface area contributed by atoms with E-state index in [9.17, 15) is 9.59 Å². The van der Waals surface area contributed by atoms with Gasteiger partial charge in [0.2, 0.25) is 5.91 Å². The molecule has 0 radical (unpaired) electrons.